The summed E-state index contributed by atoms with van der Waals surface area (Å²) in [6, 6.07) is 9.11. The molecule has 0 bridgehead atoms. The largest absolute Gasteiger partial charge is 0.354 e. The van der Waals surface area contributed by atoms with Crippen molar-refractivity contribution in [2.24, 2.45) is 0 Å². The summed E-state index contributed by atoms with van der Waals surface area (Å²) in [6.45, 7) is 3.79. The van der Waals surface area contributed by atoms with Crippen LogP contribution in [0.15, 0.2) is 24.3 Å². The topological polar surface area (TPSA) is 44.4 Å². The van der Waals surface area contributed by atoms with E-state index in [1.807, 2.05) is 0 Å². The van der Waals surface area contributed by atoms with E-state index in [4.69, 9.17) is 0 Å². The first-order valence-corrected chi connectivity index (χ1v) is 7.79. The number of likely N-dealkylation sites (N-methyl/N-ethyl adjacent to an activating group) is 1. The molecule has 116 valence electrons. The number of carbonyl (C=O) groups is 1. The summed E-state index contributed by atoms with van der Waals surface area (Å²) in [4.78, 5) is 14.2. The minimum atomic E-state index is 0.147. The van der Waals surface area contributed by atoms with Crippen LogP contribution in [0.2, 0.25) is 0 Å². The molecular formula is C17H27N3O. The molecule has 2 unspecified atom stereocenters. The number of hydrogen-bond acceptors (Lipinski definition) is 3. The van der Waals surface area contributed by atoms with Crippen molar-refractivity contribution < 1.29 is 4.79 Å². The van der Waals surface area contributed by atoms with Crippen LogP contribution >= 0.6 is 0 Å². The van der Waals surface area contributed by atoms with Crippen molar-refractivity contribution in [3.8, 4) is 0 Å². The fraction of sp³-hybridized carbons (Fsp3) is 0.588. The van der Waals surface area contributed by atoms with Gasteiger partial charge < -0.3 is 15.5 Å². The van der Waals surface area contributed by atoms with Crippen molar-refractivity contribution in [3.05, 3.63) is 35.4 Å². The molecule has 2 rings (SSSR count). The smallest absolute Gasteiger partial charge is 0.221 e. The minimum Gasteiger partial charge on any atom is -0.354 e. The van der Waals surface area contributed by atoms with Gasteiger partial charge in [-0.05, 0) is 46.0 Å². The average Bonchev–Trinajstić information content (AvgIpc) is 2.93. The van der Waals surface area contributed by atoms with Gasteiger partial charge in [-0.25, -0.2) is 0 Å². The Kier molecular flexibility index (Phi) is 5.76. The van der Waals surface area contributed by atoms with Crippen molar-refractivity contribution in [1.29, 1.82) is 0 Å². The average molecular weight is 289 g/mol. The SMILES string of the molecule is Cc1ccc(C(CNC(=O)CC2CCCN2)N(C)C)cc1. The predicted octanol–water partition coefficient (Wildman–Crippen LogP) is 1.86. The van der Waals surface area contributed by atoms with Gasteiger partial charge in [0.2, 0.25) is 5.91 Å². The van der Waals surface area contributed by atoms with Crippen LogP contribution in [0.1, 0.15) is 36.4 Å². The number of benzene rings is 1. The van der Waals surface area contributed by atoms with Gasteiger partial charge in [0.15, 0.2) is 0 Å². The summed E-state index contributed by atoms with van der Waals surface area (Å²) in [5.74, 6) is 0.147. The zero-order valence-electron chi connectivity index (χ0n) is 13.4. The summed E-state index contributed by atoms with van der Waals surface area (Å²) >= 11 is 0. The maximum atomic E-state index is 12.0. The molecule has 4 nitrogen and oxygen atoms in total. The predicted molar refractivity (Wildman–Crippen MR) is 86.3 cm³/mol. The normalized spacial score (nSPS) is 19.7. The van der Waals surface area contributed by atoms with Gasteiger partial charge in [0, 0.05) is 19.0 Å². The van der Waals surface area contributed by atoms with Crippen LogP contribution in [0.5, 0.6) is 0 Å². The highest BCUT2D eigenvalue weighted by Crippen LogP contribution is 2.18. The molecule has 1 amide bonds. The van der Waals surface area contributed by atoms with Crippen molar-refractivity contribution in [2.75, 3.05) is 27.2 Å². The van der Waals surface area contributed by atoms with Crippen molar-refractivity contribution in [3.63, 3.8) is 0 Å². The molecule has 1 heterocycles. The first kappa shape index (κ1) is 16.0. The summed E-state index contributed by atoms with van der Waals surface area (Å²) in [6.07, 6.45) is 2.89. The molecule has 1 saturated heterocycles. The van der Waals surface area contributed by atoms with E-state index >= 15 is 0 Å². The van der Waals surface area contributed by atoms with E-state index in [9.17, 15) is 4.79 Å². The summed E-state index contributed by atoms with van der Waals surface area (Å²) in [7, 11) is 4.10. The first-order valence-electron chi connectivity index (χ1n) is 7.79. The lowest BCUT2D eigenvalue weighted by atomic mass is 10.0. The Morgan fingerprint density at radius 3 is 2.67 bits per heavy atom. The van der Waals surface area contributed by atoms with Gasteiger partial charge in [-0.1, -0.05) is 29.8 Å². The molecule has 1 aliphatic rings. The standard InChI is InChI=1S/C17H27N3O/c1-13-6-8-14(9-7-13)16(20(2)3)12-19-17(21)11-15-5-4-10-18-15/h6-9,15-16,18H,4-5,10-12H2,1-3H3,(H,19,21). The van der Waals surface area contributed by atoms with Crippen molar-refractivity contribution in [1.82, 2.24) is 15.5 Å². The zero-order valence-corrected chi connectivity index (χ0v) is 13.4. The van der Waals surface area contributed by atoms with E-state index < -0.39 is 0 Å². The molecule has 0 aromatic heterocycles. The van der Waals surface area contributed by atoms with E-state index in [0.29, 0.717) is 19.0 Å². The second-order valence-corrected chi connectivity index (χ2v) is 6.19. The molecule has 1 aromatic carbocycles. The number of amides is 1. The summed E-state index contributed by atoms with van der Waals surface area (Å²) in [5, 5.41) is 6.45. The molecular weight excluding hydrogens is 262 g/mol. The third kappa shape index (κ3) is 4.83. The molecule has 0 spiro atoms. The number of carbonyl (C=O) groups excluding carboxylic acids is 1. The highest BCUT2D eigenvalue weighted by Gasteiger charge is 2.19. The van der Waals surface area contributed by atoms with Crippen LogP contribution < -0.4 is 10.6 Å². The van der Waals surface area contributed by atoms with Gasteiger partial charge in [0.25, 0.3) is 0 Å². The first-order chi connectivity index (χ1) is 10.1. The fourth-order valence-corrected chi connectivity index (χ4v) is 2.82. The molecule has 2 atom stereocenters. The molecule has 0 radical (unpaired) electrons. The third-order valence-electron chi connectivity index (χ3n) is 4.17. The lowest BCUT2D eigenvalue weighted by Crippen LogP contribution is -2.37. The van der Waals surface area contributed by atoms with Crippen LogP contribution in [0, 0.1) is 6.92 Å². The summed E-state index contributed by atoms with van der Waals surface area (Å²) in [5.41, 5.74) is 2.50. The quantitative estimate of drug-likeness (QED) is 0.840. The Morgan fingerprint density at radius 1 is 1.38 bits per heavy atom. The summed E-state index contributed by atoms with van der Waals surface area (Å²) < 4.78 is 0. The van der Waals surface area contributed by atoms with Gasteiger partial charge in [0.05, 0.1) is 6.04 Å². The monoisotopic (exact) mass is 289 g/mol. The van der Waals surface area contributed by atoms with Crippen LogP contribution in [0.4, 0.5) is 0 Å². The van der Waals surface area contributed by atoms with Gasteiger partial charge >= 0.3 is 0 Å². The molecule has 1 aliphatic heterocycles. The maximum Gasteiger partial charge on any atom is 0.221 e. The van der Waals surface area contributed by atoms with Crippen LogP contribution in [-0.2, 0) is 4.79 Å². The molecule has 1 fully saturated rings. The van der Waals surface area contributed by atoms with Crippen LogP contribution in [-0.4, -0.2) is 44.0 Å². The number of hydrogen-bond donors (Lipinski definition) is 2. The highest BCUT2D eigenvalue weighted by atomic mass is 16.1. The Morgan fingerprint density at radius 2 is 2.10 bits per heavy atom. The number of rotatable bonds is 6. The van der Waals surface area contributed by atoms with E-state index in [0.717, 1.165) is 13.0 Å². The second-order valence-electron chi connectivity index (χ2n) is 6.19. The van der Waals surface area contributed by atoms with E-state index in [1.165, 1.54) is 17.5 Å². The zero-order chi connectivity index (χ0) is 15.2. The van der Waals surface area contributed by atoms with E-state index in [2.05, 4.69) is 60.8 Å². The molecule has 2 N–H and O–H groups in total. The molecule has 21 heavy (non-hydrogen) atoms. The second kappa shape index (κ2) is 7.57. The molecule has 4 heteroatoms. The Bertz CT molecular complexity index is 450. The maximum absolute atomic E-state index is 12.0. The minimum absolute atomic E-state index is 0.147. The molecule has 1 aromatic rings. The fourth-order valence-electron chi connectivity index (χ4n) is 2.82. The van der Waals surface area contributed by atoms with Crippen LogP contribution in [0.3, 0.4) is 0 Å². The van der Waals surface area contributed by atoms with Gasteiger partial charge in [-0.2, -0.15) is 0 Å². The lowest BCUT2D eigenvalue weighted by molar-refractivity contribution is -0.121. The van der Waals surface area contributed by atoms with E-state index in [1.54, 1.807) is 0 Å². The van der Waals surface area contributed by atoms with Crippen molar-refractivity contribution in [2.45, 2.75) is 38.3 Å². The Hall–Kier alpha value is -1.39. The molecule has 0 saturated carbocycles. The number of aryl methyl sites for hydroxylation is 1. The number of nitrogens with zero attached hydrogens (tertiary/aromatic N) is 1. The highest BCUT2D eigenvalue weighted by molar-refractivity contribution is 5.76. The lowest BCUT2D eigenvalue weighted by Gasteiger charge is -2.25. The van der Waals surface area contributed by atoms with Gasteiger partial charge in [-0.3, -0.25) is 4.79 Å². The van der Waals surface area contributed by atoms with Crippen LogP contribution in [0.25, 0.3) is 0 Å². The molecule has 0 aliphatic carbocycles. The van der Waals surface area contributed by atoms with Crippen molar-refractivity contribution >= 4 is 5.91 Å². The van der Waals surface area contributed by atoms with Gasteiger partial charge in [-0.15, -0.1) is 0 Å². The van der Waals surface area contributed by atoms with E-state index in [-0.39, 0.29) is 11.9 Å². The number of nitrogens with one attached hydrogen (secondary N) is 2. The Labute approximate surface area is 127 Å². The van der Waals surface area contributed by atoms with Gasteiger partial charge in [0.1, 0.15) is 0 Å². The third-order valence-corrected chi connectivity index (χ3v) is 4.17. The Balaban J connectivity index is 1.87.